The standard InChI is InChI=1S/C6H9N3O2.ClH/c7-6(1-2-6)3-4(10)9-5(11)8-3;/h3H,1-2,7H2,(H2,8,9,10,11);1H. The topological polar surface area (TPSA) is 84.2 Å². The molecule has 1 aliphatic carbocycles. The lowest BCUT2D eigenvalue weighted by atomic mass is 10.1. The Kier molecular flexibility index (Phi) is 2.01. The van der Waals surface area contributed by atoms with Gasteiger partial charge in [0, 0.05) is 5.54 Å². The van der Waals surface area contributed by atoms with Crippen molar-refractivity contribution in [2.75, 3.05) is 0 Å². The van der Waals surface area contributed by atoms with Gasteiger partial charge in [-0.1, -0.05) is 0 Å². The van der Waals surface area contributed by atoms with Crippen molar-refractivity contribution >= 4 is 24.3 Å². The van der Waals surface area contributed by atoms with E-state index >= 15 is 0 Å². The lowest BCUT2D eigenvalue weighted by Gasteiger charge is -2.13. The summed E-state index contributed by atoms with van der Waals surface area (Å²) in [4.78, 5) is 21.6. The number of carbonyl (C=O) groups excluding carboxylic acids is 2. The summed E-state index contributed by atoms with van der Waals surface area (Å²) in [6, 6.07) is -0.938. The van der Waals surface area contributed by atoms with Gasteiger partial charge in [0.15, 0.2) is 0 Å². The van der Waals surface area contributed by atoms with E-state index < -0.39 is 17.6 Å². The first-order valence-electron chi connectivity index (χ1n) is 3.52. The van der Waals surface area contributed by atoms with Gasteiger partial charge in [-0.05, 0) is 12.8 Å². The second kappa shape index (κ2) is 2.60. The van der Waals surface area contributed by atoms with Crippen LogP contribution in [0.1, 0.15) is 12.8 Å². The van der Waals surface area contributed by atoms with Crippen molar-refractivity contribution in [3.05, 3.63) is 0 Å². The Balaban J connectivity index is 0.000000720. The Hall–Kier alpha value is -0.810. The number of nitrogens with one attached hydrogen (secondary N) is 2. The van der Waals surface area contributed by atoms with E-state index in [9.17, 15) is 9.59 Å². The molecule has 6 heteroatoms. The fourth-order valence-corrected chi connectivity index (χ4v) is 1.25. The van der Waals surface area contributed by atoms with Gasteiger partial charge in [0.2, 0.25) is 0 Å². The normalized spacial score (nSPS) is 30.2. The molecule has 1 saturated carbocycles. The minimum absolute atomic E-state index is 0. The third kappa shape index (κ3) is 1.25. The molecular weight excluding hydrogens is 182 g/mol. The highest BCUT2D eigenvalue weighted by molar-refractivity contribution is 6.05. The average Bonchev–Trinajstić information content (AvgIpc) is 2.55. The second-order valence-electron chi connectivity index (χ2n) is 3.13. The molecule has 1 saturated heterocycles. The largest absolute Gasteiger partial charge is 0.324 e. The molecule has 2 fully saturated rings. The molecule has 2 aliphatic rings. The van der Waals surface area contributed by atoms with Crippen molar-refractivity contribution in [3.63, 3.8) is 0 Å². The molecule has 5 nitrogen and oxygen atoms in total. The van der Waals surface area contributed by atoms with Crippen LogP contribution in [-0.2, 0) is 4.79 Å². The van der Waals surface area contributed by atoms with Gasteiger partial charge in [0.05, 0.1) is 0 Å². The maximum Gasteiger partial charge on any atom is 0.322 e. The lowest BCUT2D eigenvalue weighted by molar-refractivity contribution is -0.120. The van der Waals surface area contributed by atoms with Gasteiger partial charge in [-0.25, -0.2) is 4.79 Å². The summed E-state index contributed by atoms with van der Waals surface area (Å²) in [5, 5.41) is 4.63. The van der Waals surface area contributed by atoms with Gasteiger partial charge in [-0.2, -0.15) is 0 Å². The Morgan fingerprint density at radius 1 is 1.42 bits per heavy atom. The fraction of sp³-hybridized carbons (Fsp3) is 0.667. The number of amides is 3. The van der Waals surface area contributed by atoms with Crippen LogP contribution in [0.5, 0.6) is 0 Å². The van der Waals surface area contributed by atoms with Gasteiger partial charge in [-0.3, -0.25) is 10.1 Å². The Labute approximate surface area is 75.5 Å². The van der Waals surface area contributed by atoms with Crippen LogP contribution in [0.3, 0.4) is 0 Å². The highest BCUT2D eigenvalue weighted by atomic mass is 35.5. The van der Waals surface area contributed by atoms with E-state index in [2.05, 4.69) is 10.6 Å². The highest BCUT2D eigenvalue weighted by Gasteiger charge is 2.52. The molecule has 12 heavy (non-hydrogen) atoms. The van der Waals surface area contributed by atoms with Gasteiger partial charge in [0.1, 0.15) is 6.04 Å². The van der Waals surface area contributed by atoms with Crippen LogP contribution >= 0.6 is 12.4 Å². The minimum Gasteiger partial charge on any atom is -0.324 e. The van der Waals surface area contributed by atoms with Crippen LogP contribution < -0.4 is 16.4 Å². The molecule has 0 aromatic rings. The fourth-order valence-electron chi connectivity index (χ4n) is 1.25. The molecule has 1 atom stereocenters. The molecule has 68 valence electrons. The second-order valence-corrected chi connectivity index (χ2v) is 3.13. The molecule has 2 rings (SSSR count). The first-order chi connectivity index (χ1) is 5.12. The van der Waals surface area contributed by atoms with Crippen molar-refractivity contribution in [2.45, 2.75) is 24.4 Å². The van der Waals surface area contributed by atoms with Crippen molar-refractivity contribution in [2.24, 2.45) is 5.73 Å². The molecule has 1 heterocycles. The summed E-state index contributed by atoms with van der Waals surface area (Å²) in [5.41, 5.74) is 5.27. The Morgan fingerprint density at radius 2 is 2.00 bits per heavy atom. The average molecular weight is 192 g/mol. The predicted molar refractivity (Wildman–Crippen MR) is 43.9 cm³/mol. The predicted octanol–water partition coefficient (Wildman–Crippen LogP) is -0.893. The van der Waals surface area contributed by atoms with E-state index in [-0.39, 0.29) is 18.3 Å². The molecule has 0 radical (unpaired) electrons. The summed E-state index contributed by atoms with van der Waals surface area (Å²) in [6.45, 7) is 0. The number of rotatable bonds is 1. The van der Waals surface area contributed by atoms with Gasteiger partial charge < -0.3 is 11.1 Å². The van der Waals surface area contributed by atoms with Crippen molar-refractivity contribution in [3.8, 4) is 0 Å². The van der Waals surface area contributed by atoms with Crippen LogP contribution in [0.4, 0.5) is 4.79 Å². The van der Waals surface area contributed by atoms with Crippen LogP contribution in [0.2, 0.25) is 0 Å². The van der Waals surface area contributed by atoms with E-state index in [0.717, 1.165) is 12.8 Å². The summed E-state index contributed by atoms with van der Waals surface area (Å²) < 4.78 is 0. The van der Waals surface area contributed by atoms with E-state index in [1.807, 2.05) is 0 Å². The van der Waals surface area contributed by atoms with E-state index in [1.165, 1.54) is 0 Å². The van der Waals surface area contributed by atoms with Gasteiger partial charge in [-0.15, -0.1) is 12.4 Å². The van der Waals surface area contributed by atoms with E-state index in [0.29, 0.717) is 0 Å². The Morgan fingerprint density at radius 3 is 2.33 bits per heavy atom. The summed E-state index contributed by atoms with van der Waals surface area (Å²) >= 11 is 0. The van der Waals surface area contributed by atoms with Gasteiger partial charge in [0.25, 0.3) is 5.91 Å². The minimum atomic E-state index is -0.505. The zero-order valence-corrected chi connectivity index (χ0v) is 7.11. The first-order valence-corrected chi connectivity index (χ1v) is 3.52. The molecule has 0 spiro atoms. The Bertz CT molecular complexity index is 239. The number of imide groups is 1. The first kappa shape index (κ1) is 9.28. The number of urea groups is 1. The number of nitrogens with two attached hydrogens (primary N) is 1. The highest BCUT2D eigenvalue weighted by Crippen LogP contribution is 2.36. The molecule has 1 aliphatic heterocycles. The van der Waals surface area contributed by atoms with Crippen LogP contribution in [0.25, 0.3) is 0 Å². The molecule has 4 N–H and O–H groups in total. The third-order valence-corrected chi connectivity index (χ3v) is 2.18. The summed E-state index contributed by atoms with van der Waals surface area (Å²) in [6.07, 6.45) is 1.62. The molecular formula is C6H10ClN3O2. The number of carbonyl (C=O) groups is 2. The zero-order chi connectivity index (χ0) is 8.06. The lowest BCUT2D eigenvalue weighted by Crippen LogP contribution is -2.48. The van der Waals surface area contributed by atoms with Crippen molar-refractivity contribution in [1.29, 1.82) is 0 Å². The van der Waals surface area contributed by atoms with Crippen molar-refractivity contribution in [1.82, 2.24) is 10.6 Å². The SMILES string of the molecule is Cl.NC1(C2NC(=O)NC2=O)CC1. The monoisotopic (exact) mass is 191 g/mol. The molecule has 0 bridgehead atoms. The zero-order valence-electron chi connectivity index (χ0n) is 6.29. The van der Waals surface area contributed by atoms with Crippen LogP contribution in [0.15, 0.2) is 0 Å². The summed E-state index contributed by atoms with van der Waals surface area (Å²) in [5.74, 6) is -0.296. The van der Waals surface area contributed by atoms with Crippen LogP contribution in [-0.4, -0.2) is 23.5 Å². The molecule has 1 unspecified atom stereocenters. The number of hydrogen-bond donors (Lipinski definition) is 3. The molecule has 0 aromatic heterocycles. The quantitative estimate of drug-likeness (QED) is 0.470. The molecule has 3 amide bonds. The number of hydrogen-bond acceptors (Lipinski definition) is 3. The summed E-state index contributed by atoms with van der Waals surface area (Å²) in [7, 11) is 0. The van der Waals surface area contributed by atoms with Crippen LogP contribution in [0, 0.1) is 0 Å². The maximum absolute atomic E-state index is 11.0. The van der Waals surface area contributed by atoms with Gasteiger partial charge >= 0.3 is 6.03 Å². The third-order valence-electron chi connectivity index (χ3n) is 2.18. The van der Waals surface area contributed by atoms with E-state index in [1.54, 1.807) is 0 Å². The molecule has 0 aromatic carbocycles. The smallest absolute Gasteiger partial charge is 0.322 e. The maximum atomic E-state index is 11.0. The van der Waals surface area contributed by atoms with E-state index in [4.69, 9.17) is 5.73 Å². The van der Waals surface area contributed by atoms with Crippen molar-refractivity contribution < 1.29 is 9.59 Å². The number of halogens is 1.